The van der Waals surface area contributed by atoms with E-state index in [1.54, 1.807) is 0 Å². The Morgan fingerprint density at radius 1 is 1.38 bits per heavy atom. The second kappa shape index (κ2) is 11.1. The highest BCUT2D eigenvalue weighted by Crippen LogP contribution is 2.24. The lowest BCUT2D eigenvalue weighted by atomic mass is 10.0. The molecule has 0 amide bonds. The van der Waals surface area contributed by atoms with Crippen LogP contribution in [0.1, 0.15) is 30.6 Å². The third-order valence-electron chi connectivity index (χ3n) is 4.17. The molecule has 26 heavy (non-hydrogen) atoms. The number of halogens is 1. The SMILES string of the molecule is CCNC(=NCCCS(C)(=O)=O)N1CCOC(c2ccccc2C)C1.I. The van der Waals surface area contributed by atoms with Crippen molar-refractivity contribution < 1.29 is 13.2 Å². The zero-order valence-electron chi connectivity index (χ0n) is 15.8. The maximum Gasteiger partial charge on any atom is 0.194 e. The second-order valence-corrected chi connectivity index (χ2v) is 8.64. The van der Waals surface area contributed by atoms with Gasteiger partial charge in [0.2, 0.25) is 0 Å². The number of rotatable bonds is 6. The van der Waals surface area contributed by atoms with Gasteiger partial charge >= 0.3 is 0 Å². The molecule has 0 saturated carbocycles. The third kappa shape index (κ3) is 7.40. The average molecular weight is 495 g/mol. The summed E-state index contributed by atoms with van der Waals surface area (Å²) in [4.78, 5) is 6.80. The highest BCUT2D eigenvalue weighted by Gasteiger charge is 2.25. The maximum atomic E-state index is 11.2. The summed E-state index contributed by atoms with van der Waals surface area (Å²) in [7, 11) is -2.93. The first-order chi connectivity index (χ1) is 11.9. The van der Waals surface area contributed by atoms with E-state index in [-0.39, 0.29) is 35.8 Å². The zero-order chi connectivity index (χ0) is 18.3. The molecule has 1 aliphatic rings. The van der Waals surface area contributed by atoms with Gasteiger partial charge in [0.05, 0.1) is 18.9 Å². The number of nitrogens with zero attached hydrogens (tertiary/aromatic N) is 2. The summed E-state index contributed by atoms with van der Waals surface area (Å²) >= 11 is 0. The normalized spacial score (nSPS) is 18.3. The number of hydrogen-bond donors (Lipinski definition) is 1. The Hall–Kier alpha value is -0.870. The summed E-state index contributed by atoms with van der Waals surface area (Å²) in [6, 6.07) is 8.28. The minimum Gasteiger partial charge on any atom is -0.370 e. The highest BCUT2D eigenvalue weighted by molar-refractivity contribution is 14.0. The fourth-order valence-electron chi connectivity index (χ4n) is 2.92. The standard InChI is InChI=1S/C18H29N3O3S.HI/c1-4-19-18(20-10-7-13-25(3,22)23)21-11-12-24-17(14-21)16-9-6-5-8-15(16)2;/h5-6,8-9,17H,4,7,10-14H2,1-3H3,(H,19,20);1H. The van der Waals surface area contributed by atoms with Gasteiger partial charge in [0.15, 0.2) is 5.96 Å². The van der Waals surface area contributed by atoms with Crippen molar-refractivity contribution in [1.29, 1.82) is 0 Å². The van der Waals surface area contributed by atoms with Crippen LogP contribution in [0.15, 0.2) is 29.3 Å². The van der Waals surface area contributed by atoms with Crippen LogP contribution in [-0.2, 0) is 14.6 Å². The molecule has 1 N–H and O–H groups in total. The molecule has 0 aliphatic carbocycles. The van der Waals surface area contributed by atoms with Crippen molar-refractivity contribution in [3.63, 3.8) is 0 Å². The first kappa shape index (κ1) is 23.2. The van der Waals surface area contributed by atoms with Crippen LogP contribution < -0.4 is 5.32 Å². The Bertz CT molecular complexity index is 695. The van der Waals surface area contributed by atoms with Gasteiger partial charge < -0.3 is 15.0 Å². The predicted molar refractivity (Wildman–Crippen MR) is 117 cm³/mol. The number of guanidine groups is 1. The van der Waals surface area contributed by atoms with Gasteiger partial charge in [-0.2, -0.15) is 0 Å². The topological polar surface area (TPSA) is 71.0 Å². The second-order valence-electron chi connectivity index (χ2n) is 6.38. The molecule has 2 rings (SSSR count). The van der Waals surface area contributed by atoms with E-state index in [0.29, 0.717) is 19.6 Å². The molecule has 0 spiro atoms. The summed E-state index contributed by atoms with van der Waals surface area (Å²) in [5.74, 6) is 1.00. The largest absolute Gasteiger partial charge is 0.370 e. The number of sulfone groups is 1. The van der Waals surface area contributed by atoms with Crippen LogP contribution in [0.4, 0.5) is 0 Å². The number of benzene rings is 1. The van der Waals surface area contributed by atoms with Gasteiger partial charge in [-0.05, 0) is 31.4 Å². The Morgan fingerprint density at radius 3 is 2.77 bits per heavy atom. The molecule has 1 saturated heterocycles. The quantitative estimate of drug-likeness (QED) is 0.284. The average Bonchev–Trinajstić information content (AvgIpc) is 2.57. The van der Waals surface area contributed by atoms with Crippen molar-refractivity contribution in [3.8, 4) is 0 Å². The molecule has 1 fully saturated rings. The van der Waals surface area contributed by atoms with E-state index in [1.165, 1.54) is 17.4 Å². The van der Waals surface area contributed by atoms with Gasteiger partial charge in [-0.25, -0.2) is 8.42 Å². The minimum absolute atomic E-state index is 0. The number of morpholine rings is 1. The molecule has 0 bridgehead atoms. The van der Waals surface area contributed by atoms with Crippen LogP contribution in [0.3, 0.4) is 0 Å². The van der Waals surface area contributed by atoms with E-state index < -0.39 is 9.84 Å². The first-order valence-corrected chi connectivity index (χ1v) is 10.8. The summed E-state index contributed by atoms with van der Waals surface area (Å²) in [6.45, 7) is 7.57. The Labute approximate surface area is 174 Å². The monoisotopic (exact) mass is 495 g/mol. The van der Waals surface area contributed by atoms with Crippen LogP contribution >= 0.6 is 24.0 Å². The Morgan fingerprint density at radius 2 is 2.12 bits per heavy atom. The summed E-state index contributed by atoms with van der Waals surface area (Å²) in [6.07, 6.45) is 1.82. The zero-order valence-corrected chi connectivity index (χ0v) is 18.9. The fraction of sp³-hybridized carbons (Fsp3) is 0.611. The van der Waals surface area contributed by atoms with E-state index in [2.05, 4.69) is 34.3 Å². The van der Waals surface area contributed by atoms with Crippen molar-refractivity contribution in [2.75, 3.05) is 44.8 Å². The van der Waals surface area contributed by atoms with Gasteiger partial charge in [0, 0.05) is 25.9 Å². The molecule has 1 aliphatic heterocycles. The number of nitrogens with one attached hydrogen (secondary N) is 1. The van der Waals surface area contributed by atoms with Crippen molar-refractivity contribution in [2.45, 2.75) is 26.4 Å². The number of hydrogen-bond acceptors (Lipinski definition) is 4. The lowest BCUT2D eigenvalue weighted by Gasteiger charge is -2.35. The lowest BCUT2D eigenvalue weighted by Crippen LogP contribution is -2.48. The molecule has 0 radical (unpaired) electrons. The smallest absolute Gasteiger partial charge is 0.194 e. The van der Waals surface area contributed by atoms with E-state index in [9.17, 15) is 8.42 Å². The van der Waals surface area contributed by atoms with Gasteiger partial charge in [-0.15, -0.1) is 24.0 Å². The number of aliphatic imine (C=N–C) groups is 1. The van der Waals surface area contributed by atoms with Crippen molar-refractivity contribution in [3.05, 3.63) is 35.4 Å². The molecule has 1 atom stereocenters. The molecule has 1 aromatic carbocycles. The molecule has 1 unspecified atom stereocenters. The van der Waals surface area contributed by atoms with Crippen molar-refractivity contribution in [1.82, 2.24) is 10.2 Å². The van der Waals surface area contributed by atoms with Crippen LogP contribution in [0.25, 0.3) is 0 Å². The highest BCUT2D eigenvalue weighted by atomic mass is 127. The molecular formula is C18H30IN3O3S. The van der Waals surface area contributed by atoms with E-state index in [0.717, 1.165) is 25.6 Å². The van der Waals surface area contributed by atoms with Crippen molar-refractivity contribution in [2.24, 2.45) is 4.99 Å². The van der Waals surface area contributed by atoms with E-state index >= 15 is 0 Å². The molecule has 1 aromatic rings. The van der Waals surface area contributed by atoms with Crippen LogP contribution in [0, 0.1) is 6.92 Å². The maximum absolute atomic E-state index is 11.2. The molecule has 148 valence electrons. The molecule has 0 aromatic heterocycles. The van der Waals surface area contributed by atoms with Gasteiger partial charge in [0.1, 0.15) is 15.9 Å². The molecule has 1 heterocycles. The van der Waals surface area contributed by atoms with E-state index in [1.807, 2.05) is 19.1 Å². The molecule has 6 nitrogen and oxygen atoms in total. The van der Waals surface area contributed by atoms with Crippen LogP contribution in [0.2, 0.25) is 0 Å². The van der Waals surface area contributed by atoms with Gasteiger partial charge in [-0.1, -0.05) is 24.3 Å². The summed E-state index contributed by atoms with van der Waals surface area (Å²) in [5, 5.41) is 3.31. The van der Waals surface area contributed by atoms with Crippen molar-refractivity contribution >= 4 is 39.8 Å². The predicted octanol–water partition coefficient (Wildman–Crippen LogP) is 2.39. The van der Waals surface area contributed by atoms with Crippen LogP contribution in [0.5, 0.6) is 0 Å². The number of aryl methyl sites for hydroxylation is 1. The fourth-order valence-corrected chi connectivity index (χ4v) is 3.57. The molecule has 8 heteroatoms. The minimum atomic E-state index is -2.93. The lowest BCUT2D eigenvalue weighted by molar-refractivity contribution is -0.00832. The summed E-state index contributed by atoms with van der Waals surface area (Å²) in [5.41, 5.74) is 2.43. The number of ether oxygens (including phenoxy) is 1. The Balaban J connectivity index is 0.00000338. The summed E-state index contributed by atoms with van der Waals surface area (Å²) < 4.78 is 28.5. The molecular weight excluding hydrogens is 465 g/mol. The third-order valence-corrected chi connectivity index (χ3v) is 5.20. The van der Waals surface area contributed by atoms with Gasteiger partial charge in [-0.3, -0.25) is 4.99 Å². The van der Waals surface area contributed by atoms with E-state index in [4.69, 9.17) is 4.74 Å². The Kier molecular flexibility index (Phi) is 9.88. The van der Waals surface area contributed by atoms with Crippen LogP contribution in [-0.4, -0.2) is 64.1 Å². The van der Waals surface area contributed by atoms with Gasteiger partial charge in [0.25, 0.3) is 0 Å². The first-order valence-electron chi connectivity index (χ1n) is 8.79.